The lowest BCUT2D eigenvalue weighted by molar-refractivity contribution is 0.169. The Morgan fingerprint density at radius 2 is 2.35 bits per heavy atom. The third kappa shape index (κ3) is 1.96. The molecule has 0 aliphatic carbocycles. The van der Waals surface area contributed by atoms with Gasteiger partial charge in [0.1, 0.15) is 5.82 Å². The molecule has 17 heavy (non-hydrogen) atoms. The zero-order chi connectivity index (χ0) is 11.8. The van der Waals surface area contributed by atoms with E-state index in [1.54, 1.807) is 30.4 Å². The first-order valence-electron chi connectivity index (χ1n) is 5.34. The number of fused-ring (bicyclic) bond motifs is 1. The molecule has 88 valence electrons. The van der Waals surface area contributed by atoms with Crippen molar-refractivity contribution in [2.45, 2.75) is 22.8 Å². The van der Waals surface area contributed by atoms with E-state index in [0.717, 1.165) is 4.90 Å². The predicted molar refractivity (Wildman–Crippen MR) is 63.2 cm³/mol. The first-order chi connectivity index (χ1) is 8.24. The average Bonchev–Trinajstić information content (AvgIpc) is 2.91. The number of thioether (sulfide) groups is 1. The van der Waals surface area contributed by atoms with E-state index in [2.05, 4.69) is 4.98 Å². The van der Waals surface area contributed by atoms with Crippen molar-refractivity contribution in [2.24, 2.45) is 0 Å². The fourth-order valence-electron chi connectivity index (χ4n) is 2.03. The molecule has 2 heterocycles. The molecule has 0 saturated carbocycles. The van der Waals surface area contributed by atoms with E-state index in [1.807, 2.05) is 10.8 Å². The zero-order valence-electron chi connectivity index (χ0n) is 8.95. The van der Waals surface area contributed by atoms with Crippen molar-refractivity contribution < 1.29 is 9.50 Å². The van der Waals surface area contributed by atoms with Crippen molar-refractivity contribution in [1.82, 2.24) is 9.55 Å². The van der Waals surface area contributed by atoms with Crippen molar-refractivity contribution in [3.8, 4) is 0 Å². The van der Waals surface area contributed by atoms with E-state index in [1.165, 1.54) is 12.1 Å². The molecule has 3 rings (SSSR count). The Labute approximate surface area is 102 Å². The maximum atomic E-state index is 13.1. The number of nitrogens with zero attached hydrogens (tertiary/aromatic N) is 2. The molecule has 0 unspecified atom stereocenters. The molecule has 1 N–H and O–H groups in total. The van der Waals surface area contributed by atoms with Crippen molar-refractivity contribution >= 4 is 11.8 Å². The van der Waals surface area contributed by atoms with Gasteiger partial charge in [0.2, 0.25) is 0 Å². The molecule has 0 fully saturated rings. The van der Waals surface area contributed by atoms with E-state index < -0.39 is 6.10 Å². The zero-order valence-corrected chi connectivity index (χ0v) is 9.77. The van der Waals surface area contributed by atoms with Gasteiger partial charge in [0, 0.05) is 23.8 Å². The second kappa shape index (κ2) is 4.16. The molecule has 1 aromatic heterocycles. The van der Waals surface area contributed by atoms with E-state index in [4.69, 9.17) is 0 Å². The summed E-state index contributed by atoms with van der Waals surface area (Å²) in [5.74, 6) is -0.299. The number of hydrogen-bond acceptors (Lipinski definition) is 3. The van der Waals surface area contributed by atoms with Crippen molar-refractivity contribution in [2.75, 3.05) is 0 Å². The molecular formula is C12H11FN2OS. The second-order valence-electron chi connectivity index (χ2n) is 4.04. The van der Waals surface area contributed by atoms with Gasteiger partial charge in [-0.1, -0.05) is 0 Å². The average molecular weight is 250 g/mol. The summed E-state index contributed by atoms with van der Waals surface area (Å²) in [5.41, 5.74) is 0.695. The molecule has 1 aromatic carbocycles. The molecule has 0 radical (unpaired) electrons. The number of halogens is 1. The Morgan fingerprint density at radius 1 is 1.47 bits per heavy atom. The molecule has 0 amide bonds. The summed E-state index contributed by atoms with van der Waals surface area (Å²) in [7, 11) is 0. The number of rotatable bonds is 2. The lowest BCUT2D eigenvalue weighted by Crippen LogP contribution is -2.16. The van der Waals surface area contributed by atoms with E-state index in [9.17, 15) is 9.50 Å². The minimum atomic E-state index is -0.618. The number of imidazole rings is 1. The molecule has 0 spiro atoms. The fourth-order valence-corrected chi connectivity index (χ4v) is 3.34. The number of aliphatic hydroxyl groups is 1. The highest BCUT2D eigenvalue weighted by Gasteiger charge is 2.32. The highest BCUT2D eigenvalue weighted by Crippen LogP contribution is 2.44. The van der Waals surface area contributed by atoms with Crippen LogP contribution in [0, 0.1) is 5.82 Å². The monoisotopic (exact) mass is 250 g/mol. The minimum Gasteiger partial charge on any atom is -0.387 e. The van der Waals surface area contributed by atoms with Crippen LogP contribution in [0.3, 0.4) is 0 Å². The lowest BCUT2D eigenvalue weighted by Gasteiger charge is -2.14. The molecule has 0 bridgehead atoms. The van der Waals surface area contributed by atoms with Crippen LogP contribution in [0.2, 0.25) is 0 Å². The summed E-state index contributed by atoms with van der Waals surface area (Å²) >= 11 is 1.59. The van der Waals surface area contributed by atoms with Gasteiger partial charge in [-0.05, 0) is 23.8 Å². The molecule has 0 saturated heterocycles. The number of aromatic nitrogens is 2. The number of hydrogen-bond donors (Lipinski definition) is 1. The molecular weight excluding hydrogens is 239 g/mol. The summed E-state index contributed by atoms with van der Waals surface area (Å²) in [6, 6.07) is 4.57. The molecule has 2 atom stereocenters. The Balaban J connectivity index is 1.84. The molecule has 3 nitrogen and oxygen atoms in total. The summed E-state index contributed by atoms with van der Waals surface area (Å²) in [5, 5.41) is 10.2. The SMILES string of the molecule is O[C@@H]1c2cc(F)ccc2S[C@@H]1Cn1ccnc1. The number of aliphatic hydroxyl groups excluding tert-OH is 1. The fraction of sp³-hybridized carbons (Fsp3) is 0.250. The van der Waals surface area contributed by atoms with Crippen LogP contribution in [0.25, 0.3) is 0 Å². The van der Waals surface area contributed by atoms with Gasteiger partial charge in [-0.15, -0.1) is 11.8 Å². The largest absolute Gasteiger partial charge is 0.387 e. The lowest BCUT2D eigenvalue weighted by atomic mass is 10.1. The summed E-state index contributed by atoms with van der Waals surface area (Å²) in [6.45, 7) is 0.669. The van der Waals surface area contributed by atoms with Gasteiger partial charge in [-0.25, -0.2) is 9.37 Å². The first kappa shape index (κ1) is 10.8. The standard InChI is InChI=1S/C12H11FN2OS/c13-8-1-2-10-9(5-8)12(16)11(17-10)6-15-4-3-14-7-15/h1-5,7,11-12,16H,6H2/t11-,12-/m1/s1. The van der Waals surface area contributed by atoms with Gasteiger partial charge in [-0.3, -0.25) is 0 Å². The highest BCUT2D eigenvalue weighted by molar-refractivity contribution is 8.00. The highest BCUT2D eigenvalue weighted by atomic mass is 32.2. The van der Waals surface area contributed by atoms with E-state index >= 15 is 0 Å². The normalized spacial score (nSPS) is 22.7. The quantitative estimate of drug-likeness (QED) is 0.888. The van der Waals surface area contributed by atoms with Crippen LogP contribution in [0.1, 0.15) is 11.7 Å². The Kier molecular flexibility index (Phi) is 2.64. The summed E-state index contributed by atoms with van der Waals surface area (Å²) in [4.78, 5) is 4.93. The van der Waals surface area contributed by atoms with Crippen LogP contribution in [-0.4, -0.2) is 19.9 Å². The topological polar surface area (TPSA) is 38.0 Å². The van der Waals surface area contributed by atoms with Crippen LogP contribution in [0.5, 0.6) is 0 Å². The van der Waals surface area contributed by atoms with Crippen LogP contribution < -0.4 is 0 Å². The van der Waals surface area contributed by atoms with Gasteiger partial charge < -0.3 is 9.67 Å². The molecule has 1 aliphatic rings. The van der Waals surface area contributed by atoms with Gasteiger partial charge in [0.05, 0.1) is 17.7 Å². The van der Waals surface area contributed by atoms with Crippen LogP contribution in [0.4, 0.5) is 4.39 Å². The van der Waals surface area contributed by atoms with Crippen molar-refractivity contribution in [3.63, 3.8) is 0 Å². The van der Waals surface area contributed by atoms with Gasteiger partial charge in [0.25, 0.3) is 0 Å². The minimum absolute atomic E-state index is 0.0148. The van der Waals surface area contributed by atoms with Crippen molar-refractivity contribution in [3.05, 3.63) is 48.3 Å². The predicted octanol–water partition coefficient (Wildman–Crippen LogP) is 2.23. The van der Waals surface area contributed by atoms with E-state index in [-0.39, 0.29) is 11.1 Å². The Morgan fingerprint density at radius 3 is 3.12 bits per heavy atom. The Bertz CT molecular complexity index is 529. The maximum absolute atomic E-state index is 13.1. The summed E-state index contributed by atoms with van der Waals surface area (Å²) < 4.78 is 15.0. The van der Waals surface area contributed by atoms with E-state index in [0.29, 0.717) is 12.1 Å². The van der Waals surface area contributed by atoms with Crippen LogP contribution in [-0.2, 0) is 6.54 Å². The summed E-state index contributed by atoms with van der Waals surface area (Å²) in [6.07, 6.45) is 4.67. The van der Waals surface area contributed by atoms with Crippen LogP contribution >= 0.6 is 11.8 Å². The van der Waals surface area contributed by atoms with Crippen molar-refractivity contribution in [1.29, 1.82) is 0 Å². The second-order valence-corrected chi connectivity index (χ2v) is 5.32. The third-order valence-electron chi connectivity index (χ3n) is 2.87. The van der Waals surface area contributed by atoms with Gasteiger partial charge in [0.15, 0.2) is 0 Å². The Hall–Kier alpha value is -1.33. The van der Waals surface area contributed by atoms with Gasteiger partial charge >= 0.3 is 0 Å². The van der Waals surface area contributed by atoms with Gasteiger partial charge in [-0.2, -0.15) is 0 Å². The molecule has 2 aromatic rings. The first-order valence-corrected chi connectivity index (χ1v) is 6.22. The molecule has 5 heteroatoms. The third-order valence-corrected chi connectivity index (χ3v) is 4.21. The molecule has 1 aliphatic heterocycles. The van der Waals surface area contributed by atoms with Crippen LogP contribution in [0.15, 0.2) is 41.8 Å². The maximum Gasteiger partial charge on any atom is 0.123 e. The smallest absolute Gasteiger partial charge is 0.123 e. The number of benzene rings is 1.